The number of hydrogen-bond donors (Lipinski definition) is 1. The number of ether oxygens (including phenoxy) is 3. The highest BCUT2D eigenvalue weighted by Gasteiger charge is 2.36. The average Bonchev–Trinajstić information content (AvgIpc) is 3.24. The van der Waals surface area contributed by atoms with E-state index in [1.165, 1.54) is 55.1 Å². The van der Waals surface area contributed by atoms with Gasteiger partial charge in [-0.15, -0.1) is 11.3 Å². The molecule has 10 nitrogen and oxygen atoms in total. The van der Waals surface area contributed by atoms with Crippen molar-refractivity contribution in [2.75, 3.05) is 20.3 Å². The van der Waals surface area contributed by atoms with Crippen LogP contribution in [0.1, 0.15) is 63.1 Å². The number of carbonyl (C=O) groups excluding carboxylic acids is 1. The van der Waals surface area contributed by atoms with Gasteiger partial charge in [0, 0.05) is 23.1 Å². The summed E-state index contributed by atoms with van der Waals surface area (Å²) in [6.07, 6.45) is -0.858. The number of nitrogens with one attached hydrogen (secondary N) is 1. The van der Waals surface area contributed by atoms with Crippen LogP contribution in [0.25, 0.3) is 10.2 Å². The van der Waals surface area contributed by atoms with E-state index in [1.54, 1.807) is 20.8 Å². The number of halogens is 1. The van der Waals surface area contributed by atoms with Crippen LogP contribution in [-0.4, -0.2) is 41.4 Å². The smallest absolute Gasteiger partial charge is 0.333 e. The maximum atomic E-state index is 14.4. The van der Waals surface area contributed by atoms with E-state index in [2.05, 4.69) is 5.32 Å². The minimum atomic E-state index is -1.55. The number of hydrogen-bond acceptors (Lipinski definition) is 8. The first-order valence-electron chi connectivity index (χ1n) is 13.4. The van der Waals surface area contributed by atoms with Gasteiger partial charge < -0.3 is 19.5 Å². The Hall–Kier alpha value is -3.53. The second-order valence-electron chi connectivity index (χ2n) is 10.3. The van der Waals surface area contributed by atoms with Gasteiger partial charge in [0.2, 0.25) is 5.91 Å². The van der Waals surface area contributed by atoms with Crippen molar-refractivity contribution >= 4 is 27.5 Å². The van der Waals surface area contributed by atoms with E-state index >= 15 is 0 Å². The predicted molar refractivity (Wildman–Crippen MR) is 155 cm³/mol. The minimum absolute atomic E-state index is 0.0136. The molecule has 2 aromatic heterocycles. The predicted octanol–water partition coefficient (Wildman–Crippen LogP) is 4.15. The van der Waals surface area contributed by atoms with Crippen molar-refractivity contribution in [3.8, 4) is 11.8 Å². The normalized spacial score (nSPS) is 12.5. The molecule has 0 aliphatic carbocycles. The summed E-state index contributed by atoms with van der Waals surface area (Å²) < 4.78 is 33.8. The zero-order chi connectivity index (χ0) is 30.5. The summed E-state index contributed by atoms with van der Waals surface area (Å²) in [5.41, 5.74) is -1.87. The van der Waals surface area contributed by atoms with Gasteiger partial charge in [-0.1, -0.05) is 0 Å². The molecule has 0 fully saturated rings. The number of nitriles is 1. The van der Waals surface area contributed by atoms with Gasteiger partial charge >= 0.3 is 5.69 Å². The third kappa shape index (κ3) is 6.69. The highest BCUT2D eigenvalue weighted by molar-refractivity contribution is 7.18. The molecule has 3 rings (SSSR count). The fourth-order valence-corrected chi connectivity index (χ4v) is 5.77. The Morgan fingerprint density at radius 3 is 2.59 bits per heavy atom. The molecule has 12 heteroatoms. The highest BCUT2D eigenvalue weighted by Crippen LogP contribution is 2.33. The van der Waals surface area contributed by atoms with E-state index < -0.39 is 34.6 Å². The quantitative estimate of drug-likeness (QED) is 0.298. The molecule has 0 bridgehead atoms. The largest absolute Gasteiger partial charge is 0.496 e. The van der Waals surface area contributed by atoms with Crippen LogP contribution >= 0.6 is 11.3 Å². The van der Waals surface area contributed by atoms with Crippen LogP contribution in [0.15, 0.2) is 27.8 Å². The van der Waals surface area contributed by atoms with Crippen LogP contribution in [-0.2, 0) is 33.0 Å². The first kappa shape index (κ1) is 32.0. The third-order valence-corrected chi connectivity index (χ3v) is 7.99. The number of methoxy groups -OCH3 is 1. The Bertz CT molecular complexity index is 1570. The third-order valence-electron chi connectivity index (χ3n) is 6.70. The summed E-state index contributed by atoms with van der Waals surface area (Å²) >= 11 is 1.25. The summed E-state index contributed by atoms with van der Waals surface area (Å²) in [5.74, 6) is -0.690. The molecule has 222 valence electrons. The molecule has 3 aromatic rings. The monoisotopic (exact) mass is 588 g/mol. The van der Waals surface area contributed by atoms with Crippen molar-refractivity contribution < 1.29 is 23.4 Å². The van der Waals surface area contributed by atoms with E-state index in [-0.39, 0.29) is 37.6 Å². The van der Waals surface area contributed by atoms with Crippen LogP contribution in [0.4, 0.5) is 4.39 Å². The highest BCUT2D eigenvalue weighted by atomic mass is 32.1. The van der Waals surface area contributed by atoms with E-state index in [1.807, 2.05) is 13.0 Å². The van der Waals surface area contributed by atoms with Crippen LogP contribution in [0.2, 0.25) is 0 Å². The number of nitrogens with zero attached hydrogens (tertiary/aromatic N) is 3. The fourth-order valence-electron chi connectivity index (χ4n) is 4.53. The van der Waals surface area contributed by atoms with Crippen LogP contribution in [0.5, 0.6) is 5.75 Å². The molecule has 0 aliphatic heterocycles. The van der Waals surface area contributed by atoms with Gasteiger partial charge in [0.05, 0.1) is 44.7 Å². The Labute approximate surface area is 242 Å². The number of fused-ring (bicyclic) bond motifs is 1. The summed E-state index contributed by atoms with van der Waals surface area (Å²) in [7, 11) is 1.44. The average molecular weight is 589 g/mol. The molecule has 2 heterocycles. The topological polar surface area (TPSA) is 125 Å². The minimum Gasteiger partial charge on any atom is -0.496 e. The number of thiophene rings is 1. The van der Waals surface area contributed by atoms with Gasteiger partial charge in [-0.3, -0.25) is 14.2 Å². The summed E-state index contributed by atoms with van der Waals surface area (Å²) in [6.45, 7) is 10.8. The molecule has 1 aromatic carbocycles. The van der Waals surface area contributed by atoms with Gasteiger partial charge in [0.25, 0.3) is 5.56 Å². The zero-order valence-electron chi connectivity index (χ0n) is 24.5. The zero-order valence-corrected chi connectivity index (χ0v) is 25.3. The van der Waals surface area contributed by atoms with E-state index in [9.17, 15) is 18.8 Å². The first-order valence-corrected chi connectivity index (χ1v) is 14.2. The molecule has 0 radical (unpaired) electrons. The molecule has 0 aliphatic rings. The van der Waals surface area contributed by atoms with Crippen LogP contribution in [0, 0.1) is 24.1 Å². The number of carbonyl (C=O) groups is 1. The lowest BCUT2D eigenvalue weighted by Gasteiger charge is -2.28. The van der Waals surface area contributed by atoms with Crippen molar-refractivity contribution in [2.45, 2.75) is 78.8 Å². The van der Waals surface area contributed by atoms with Crippen molar-refractivity contribution in [3.63, 3.8) is 0 Å². The Morgan fingerprint density at radius 2 is 1.98 bits per heavy atom. The van der Waals surface area contributed by atoms with Crippen molar-refractivity contribution in [1.29, 1.82) is 5.26 Å². The number of rotatable bonds is 13. The van der Waals surface area contributed by atoms with Gasteiger partial charge in [0.15, 0.2) is 0 Å². The van der Waals surface area contributed by atoms with Crippen LogP contribution < -0.4 is 21.3 Å². The molecule has 0 spiro atoms. The number of amides is 1. The molecule has 1 atom stereocenters. The molecule has 0 saturated carbocycles. The molecule has 1 N–H and O–H groups in total. The maximum absolute atomic E-state index is 14.4. The SMILES string of the molecule is CCOCc1sc2c(c1C)c(=O)n(C(C)(C)C(=O)NC(C)C)c(=O)n2C[C@H](OCCC#N)c1cc(F)ccc1OC. The maximum Gasteiger partial charge on any atom is 0.333 e. The number of aromatic nitrogens is 2. The summed E-state index contributed by atoms with van der Waals surface area (Å²) in [4.78, 5) is 42.6. The standard InChI is InChI=1S/C29H37FN4O6S/c1-8-39-16-23-18(4)24-25(35)34(29(5,6)27(36)32-17(2)3)28(37)33(26(24)41-23)15-22(40-13-9-12-31)20-14-19(30)10-11-21(20)38-7/h10-11,14,17,22H,8-9,13,15-16H2,1-7H3,(H,32,36)/t22-/m0/s1. The van der Waals surface area contributed by atoms with Crippen molar-refractivity contribution in [3.05, 3.63) is 60.9 Å². The van der Waals surface area contributed by atoms with E-state index in [0.717, 1.165) is 9.44 Å². The second-order valence-corrected chi connectivity index (χ2v) is 11.4. The van der Waals surface area contributed by atoms with Crippen molar-refractivity contribution in [2.24, 2.45) is 0 Å². The van der Waals surface area contributed by atoms with Gasteiger partial charge in [-0.05, 0) is 65.3 Å². The van der Waals surface area contributed by atoms with Crippen LogP contribution in [0.3, 0.4) is 0 Å². The second kappa shape index (κ2) is 13.4. The Balaban J connectivity index is 2.35. The van der Waals surface area contributed by atoms with Gasteiger partial charge in [0.1, 0.15) is 28.0 Å². The Morgan fingerprint density at radius 1 is 1.27 bits per heavy atom. The van der Waals surface area contributed by atoms with E-state index in [0.29, 0.717) is 28.3 Å². The van der Waals surface area contributed by atoms with Crippen molar-refractivity contribution in [1.82, 2.24) is 14.5 Å². The molecule has 1 amide bonds. The lowest BCUT2D eigenvalue weighted by molar-refractivity contribution is -0.129. The molecular formula is C29H37FN4O6S. The molecule has 41 heavy (non-hydrogen) atoms. The number of aryl methyl sites for hydroxylation is 1. The van der Waals surface area contributed by atoms with Gasteiger partial charge in [-0.25, -0.2) is 13.8 Å². The lowest BCUT2D eigenvalue weighted by atomic mass is 10.0. The molecule has 0 unspecified atom stereocenters. The summed E-state index contributed by atoms with van der Waals surface area (Å²) in [6, 6.07) is 5.76. The fraction of sp³-hybridized carbons (Fsp3) is 0.517. The number of benzene rings is 1. The van der Waals surface area contributed by atoms with E-state index in [4.69, 9.17) is 19.5 Å². The first-order chi connectivity index (χ1) is 19.4. The van der Waals surface area contributed by atoms with Gasteiger partial charge in [-0.2, -0.15) is 5.26 Å². The molecule has 0 saturated heterocycles. The summed E-state index contributed by atoms with van der Waals surface area (Å²) in [5, 5.41) is 12.2. The Kier molecular flexibility index (Phi) is 10.5. The molecular weight excluding hydrogens is 551 g/mol. The lowest BCUT2D eigenvalue weighted by Crippen LogP contribution is -2.56.